The third-order valence-corrected chi connectivity index (χ3v) is 4.08. The zero-order valence-corrected chi connectivity index (χ0v) is 13.8. The fraction of sp³-hybridized carbons (Fsp3) is 0.556. The van der Waals surface area contributed by atoms with Crippen molar-refractivity contribution in [3.8, 4) is 0 Å². The lowest BCUT2D eigenvalue weighted by Crippen LogP contribution is -2.47. The molecule has 0 atom stereocenters. The topological polar surface area (TPSA) is 49.4 Å². The molecule has 1 saturated heterocycles. The van der Waals surface area contributed by atoms with E-state index in [0.29, 0.717) is 31.8 Å². The van der Waals surface area contributed by atoms with Crippen LogP contribution in [0.25, 0.3) is 0 Å². The number of amides is 2. The van der Waals surface area contributed by atoms with Crippen LogP contribution in [0.4, 0.5) is 4.39 Å². The molecule has 0 aromatic heterocycles. The second-order valence-corrected chi connectivity index (χ2v) is 6.62. The van der Waals surface area contributed by atoms with Crippen LogP contribution < -0.4 is 5.32 Å². The maximum atomic E-state index is 12.9. The molecule has 0 radical (unpaired) electrons. The minimum absolute atomic E-state index is 0.0589. The third kappa shape index (κ3) is 5.66. The average molecular weight is 320 g/mol. The van der Waals surface area contributed by atoms with Crippen LogP contribution in [0.5, 0.6) is 0 Å². The molecule has 0 aliphatic carbocycles. The van der Waals surface area contributed by atoms with Crippen LogP contribution in [0.2, 0.25) is 0 Å². The van der Waals surface area contributed by atoms with Crippen molar-refractivity contribution in [1.82, 2.24) is 10.2 Å². The highest BCUT2D eigenvalue weighted by Gasteiger charge is 2.23. The Morgan fingerprint density at radius 3 is 2.39 bits per heavy atom. The number of nitrogens with zero attached hydrogens (tertiary/aromatic N) is 1. The number of piperidine rings is 1. The van der Waals surface area contributed by atoms with Crippen LogP contribution >= 0.6 is 0 Å². The molecular weight excluding hydrogens is 295 g/mol. The Kier molecular flexibility index (Phi) is 6.13. The molecule has 0 bridgehead atoms. The van der Waals surface area contributed by atoms with Crippen molar-refractivity contribution in [1.29, 1.82) is 0 Å². The van der Waals surface area contributed by atoms with Crippen molar-refractivity contribution in [3.63, 3.8) is 0 Å². The highest BCUT2D eigenvalue weighted by atomic mass is 19.1. The normalized spacial score (nSPS) is 15.7. The highest BCUT2D eigenvalue weighted by Crippen LogP contribution is 2.13. The molecular formula is C18H25FN2O2. The fourth-order valence-corrected chi connectivity index (χ4v) is 2.82. The number of halogens is 1. The molecule has 0 saturated carbocycles. The lowest BCUT2D eigenvalue weighted by Gasteiger charge is -2.32. The lowest BCUT2D eigenvalue weighted by atomic mass is 10.0. The van der Waals surface area contributed by atoms with Gasteiger partial charge in [0, 0.05) is 25.6 Å². The number of nitrogens with one attached hydrogen (secondary N) is 1. The summed E-state index contributed by atoms with van der Waals surface area (Å²) >= 11 is 0. The van der Waals surface area contributed by atoms with Crippen LogP contribution in [0.1, 0.15) is 38.7 Å². The summed E-state index contributed by atoms with van der Waals surface area (Å²) in [5, 5.41) is 3.05. The van der Waals surface area contributed by atoms with Gasteiger partial charge >= 0.3 is 0 Å². The number of rotatable bonds is 5. The van der Waals surface area contributed by atoms with E-state index in [-0.39, 0.29) is 23.7 Å². The molecule has 1 N–H and O–H groups in total. The third-order valence-electron chi connectivity index (χ3n) is 4.08. The largest absolute Gasteiger partial charge is 0.353 e. The number of benzene rings is 1. The van der Waals surface area contributed by atoms with E-state index in [4.69, 9.17) is 0 Å². The Morgan fingerprint density at radius 1 is 1.22 bits per heavy atom. The molecule has 1 aliphatic heterocycles. The van der Waals surface area contributed by atoms with Crippen molar-refractivity contribution in [3.05, 3.63) is 35.6 Å². The average Bonchev–Trinajstić information content (AvgIpc) is 2.49. The van der Waals surface area contributed by atoms with Crippen LogP contribution in [0, 0.1) is 11.7 Å². The molecule has 1 aromatic rings. The summed E-state index contributed by atoms with van der Waals surface area (Å²) in [6, 6.07) is 6.20. The summed E-state index contributed by atoms with van der Waals surface area (Å²) in [6.45, 7) is 5.37. The van der Waals surface area contributed by atoms with Gasteiger partial charge in [-0.3, -0.25) is 9.59 Å². The lowest BCUT2D eigenvalue weighted by molar-refractivity contribution is -0.131. The second kappa shape index (κ2) is 8.09. The van der Waals surface area contributed by atoms with Crippen molar-refractivity contribution in [2.24, 2.45) is 5.92 Å². The highest BCUT2D eigenvalue weighted by molar-refractivity contribution is 5.79. The first-order valence-electron chi connectivity index (χ1n) is 8.25. The molecule has 1 aliphatic rings. The van der Waals surface area contributed by atoms with Gasteiger partial charge in [-0.25, -0.2) is 4.39 Å². The van der Waals surface area contributed by atoms with E-state index in [1.54, 1.807) is 12.1 Å². The predicted molar refractivity (Wildman–Crippen MR) is 87.3 cm³/mol. The van der Waals surface area contributed by atoms with Gasteiger partial charge in [0.25, 0.3) is 0 Å². The van der Waals surface area contributed by atoms with Gasteiger partial charge < -0.3 is 10.2 Å². The van der Waals surface area contributed by atoms with Gasteiger partial charge in [-0.1, -0.05) is 26.0 Å². The Labute approximate surface area is 137 Å². The molecule has 1 heterocycles. The van der Waals surface area contributed by atoms with Gasteiger partial charge in [-0.2, -0.15) is 0 Å². The molecule has 0 unspecified atom stereocenters. The fourth-order valence-electron chi connectivity index (χ4n) is 2.82. The summed E-state index contributed by atoms with van der Waals surface area (Å²) in [4.78, 5) is 25.9. The summed E-state index contributed by atoms with van der Waals surface area (Å²) < 4.78 is 12.9. The molecule has 0 spiro atoms. The summed E-state index contributed by atoms with van der Waals surface area (Å²) in [5.74, 6) is 0.214. The van der Waals surface area contributed by atoms with E-state index >= 15 is 0 Å². The Balaban J connectivity index is 1.76. The van der Waals surface area contributed by atoms with Gasteiger partial charge in [0.1, 0.15) is 5.82 Å². The predicted octanol–water partition coefficient (Wildman–Crippen LogP) is 2.52. The van der Waals surface area contributed by atoms with E-state index in [0.717, 1.165) is 18.4 Å². The molecule has 4 nitrogen and oxygen atoms in total. The molecule has 1 fully saturated rings. The monoisotopic (exact) mass is 320 g/mol. The number of carbonyl (C=O) groups is 2. The molecule has 5 heteroatoms. The Hall–Kier alpha value is -1.91. The van der Waals surface area contributed by atoms with Crippen LogP contribution in [-0.2, 0) is 16.0 Å². The molecule has 2 amide bonds. The van der Waals surface area contributed by atoms with E-state index in [1.807, 2.05) is 18.7 Å². The number of carbonyl (C=O) groups excluding carboxylic acids is 2. The van der Waals surface area contributed by atoms with Crippen LogP contribution in [-0.4, -0.2) is 35.8 Å². The summed E-state index contributed by atoms with van der Waals surface area (Å²) in [5.41, 5.74) is 0.823. The SMILES string of the molecule is CC(C)CC(=O)NC1CCN(C(=O)Cc2ccc(F)cc2)CC1. The van der Waals surface area contributed by atoms with Gasteiger partial charge in [0.15, 0.2) is 0 Å². The quantitative estimate of drug-likeness (QED) is 0.906. The summed E-state index contributed by atoms with van der Waals surface area (Å²) in [7, 11) is 0. The first kappa shape index (κ1) is 17.4. The van der Waals surface area contributed by atoms with Crippen molar-refractivity contribution < 1.29 is 14.0 Å². The number of hydrogen-bond donors (Lipinski definition) is 1. The van der Waals surface area contributed by atoms with E-state index in [2.05, 4.69) is 5.32 Å². The van der Waals surface area contributed by atoms with Gasteiger partial charge in [-0.05, 0) is 36.5 Å². The van der Waals surface area contributed by atoms with Gasteiger partial charge in [-0.15, -0.1) is 0 Å². The first-order valence-corrected chi connectivity index (χ1v) is 8.25. The van der Waals surface area contributed by atoms with Crippen LogP contribution in [0.15, 0.2) is 24.3 Å². The number of hydrogen-bond acceptors (Lipinski definition) is 2. The molecule has 126 valence electrons. The van der Waals surface area contributed by atoms with Crippen molar-refractivity contribution >= 4 is 11.8 Å². The van der Waals surface area contributed by atoms with E-state index in [1.165, 1.54) is 12.1 Å². The molecule has 23 heavy (non-hydrogen) atoms. The van der Waals surface area contributed by atoms with E-state index in [9.17, 15) is 14.0 Å². The van der Waals surface area contributed by atoms with Crippen molar-refractivity contribution in [2.45, 2.75) is 45.6 Å². The smallest absolute Gasteiger partial charge is 0.226 e. The van der Waals surface area contributed by atoms with Gasteiger partial charge in [0.2, 0.25) is 11.8 Å². The zero-order chi connectivity index (χ0) is 16.8. The van der Waals surface area contributed by atoms with Crippen LogP contribution in [0.3, 0.4) is 0 Å². The molecule has 2 rings (SSSR count). The maximum absolute atomic E-state index is 12.9. The number of likely N-dealkylation sites (tertiary alicyclic amines) is 1. The molecule has 1 aromatic carbocycles. The standard InChI is InChI=1S/C18H25FN2O2/c1-13(2)11-17(22)20-16-7-9-21(10-8-16)18(23)12-14-3-5-15(19)6-4-14/h3-6,13,16H,7-12H2,1-2H3,(H,20,22). The Bertz CT molecular complexity index is 534. The summed E-state index contributed by atoms with van der Waals surface area (Å²) in [6.07, 6.45) is 2.42. The maximum Gasteiger partial charge on any atom is 0.226 e. The minimum atomic E-state index is -0.292. The second-order valence-electron chi connectivity index (χ2n) is 6.62. The zero-order valence-electron chi connectivity index (χ0n) is 13.8. The minimum Gasteiger partial charge on any atom is -0.353 e. The van der Waals surface area contributed by atoms with E-state index < -0.39 is 0 Å². The first-order chi connectivity index (χ1) is 10.9. The Morgan fingerprint density at radius 2 is 1.83 bits per heavy atom. The van der Waals surface area contributed by atoms with Gasteiger partial charge in [0.05, 0.1) is 6.42 Å². The van der Waals surface area contributed by atoms with Crippen molar-refractivity contribution in [2.75, 3.05) is 13.1 Å².